The molecule has 0 fully saturated rings. The van der Waals surface area contributed by atoms with Crippen LogP contribution in [0.2, 0.25) is 0 Å². The average molecular weight is 896 g/mol. The van der Waals surface area contributed by atoms with Gasteiger partial charge < -0.3 is 19.4 Å². The van der Waals surface area contributed by atoms with Gasteiger partial charge in [-0.15, -0.1) is 59.1 Å². The summed E-state index contributed by atoms with van der Waals surface area (Å²) in [7, 11) is 0. The minimum atomic E-state index is -2.32. The molecule has 6 aromatic carbocycles. The van der Waals surface area contributed by atoms with E-state index >= 15 is 0 Å². The van der Waals surface area contributed by atoms with Gasteiger partial charge in [-0.25, -0.2) is 0 Å². The number of benzene rings is 6. The van der Waals surface area contributed by atoms with Gasteiger partial charge in [-0.05, 0) is 76.6 Å². The van der Waals surface area contributed by atoms with E-state index in [4.69, 9.17) is 26.8 Å². The van der Waals surface area contributed by atoms with Crippen LogP contribution in [0.5, 0.6) is 23.0 Å². The Bertz CT molecular complexity index is 2980. The van der Waals surface area contributed by atoms with Crippen LogP contribution in [0.4, 0.5) is 0 Å². The topological polar surface area (TPSA) is 44.2 Å². The number of ether oxygens (including phenoxy) is 2. The first-order chi connectivity index (χ1) is 30.1. The predicted molar refractivity (Wildman–Crippen MR) is 220 cm³/mol. The van der Waals surface area contributed by atoms with Gasteiger partial charge in [-0.1, -0.05) is 109 Å². The molecule has 0 atom stereocenters. The summed E-state index contributed by atoms with van der Waals surface area (Å²) in [4.78, 5) is 8.97. The van der Waals surface area contributed by atoms with Crippen molar-refractivity contribution in [1.29, 1.82) is 0 Å². The summed E-state index contributed by atoms with van der Waals surface area (Å²) >= 11 is 0. The molecule has 0 saturated carbocycles. The molecule has 0 amide bonds. The zero-order valence-corrected chi connectivity index (χ0v) is 31.5. The maximum atomic E-state index is 8.23. The molecule has 4 heterocycles. The van der Waals surface area contributed by atoms with Crippen molar-refractivity contribution in [2.24, 2.45) is 0 Å². The summed E-state index contributed by atoms with van der Waals surface area (Å²) in [6.45, 7) is -6.88. The molecule has 4 nitrogen and oxygen atoms in total. The Morgan fingerprint density at radius 2 is 1.29 bits per heavy atom. The summed E-state index contributed by atoms with van der Waals surface area (Å²) in [5.41, 5.74) is 8.64. The molecule has 0 bridgehead atoms. The van der Waals surface area contributed by atoms with E-state index in [1.807, 2.05) is 109 Å². The number of fused-ring (bicyclic) bond motifs is 4. The fourth-order valence-electron chi connectivity index (χ4n) is 7.02. The minimum absolute atomic E-state index is 0. The van der Waals surface area contributed by atoms with Gasteiger partial charge in [0, 0.05) is 61.6 Å². The van der Waals surface area contributed by atoms with Crippen molar-refractivity contribution >= 4 is 23.1 Å². The van der Waals surface area contributed by atoms with Crippen LogP contribution in [0.15, 0.2) is 158 Å². The minimum Gasteiger partial charge on any atom is -0.503 e. The van der Waals surface area contributed by atoms with Crippen molar-refractivity contribution in [2.45, 2.75) is 20.6 Å². The van der Waals surface area contributed by atoms with E-state index in [1.165, 1.54) is 18.3 Å². The summed E-state index contributed by atoms with van der Waals surface area (Å²) in [5.74, 6) is 2.93. The number of aryl methyl sites for hydroxylation is 3. The number of hydrogen-bond donors (Lipinski definition) is 0. The molecule has 0 unspecified atom stereocenters. The van der Waals surface area contributed by atoms with Gasteiger partial charge in [0.15, 0.2) is 0 Å². The van der Waals surface area contributed by atoms with E-state index in [-0.39, 0.29) is 43.5 Å². The van der Waals surface area contributed by atoms with Gasteiger partial charge in [0.1, 0.15) is 17.2 Å². The van der Waals surface area contributed by atoms with Crippen molar-refractivity contribution in [3.8, 4) is 67.8 Å². The predicted octanol–water partition coefficient (Wildman–Crippen LogP) is 10.1. The standard InChI is InChI=1S/C30H19BNO2.C19H16N.Ir/c1-19-17-25(32-18-22(19)20-9-3-2-4-10-20)21-11-7-13-24-30(21)34-28-16-8-15-27-29(28)31(24)23-12-5-6-14-26(23)33-27;1-14-8-10-17(11-9-14)19-12-18(15(2)13-20-19)16-6-4-3-5-7-16;/h2-10,12-18H,1H3;3-10,12-13H,1-2H3;/q2*-1;/i1D3;1D3,2D3;. The van der Waals surface area contributed by atoms with Crippen LogP contribution >= 0.6 is 0 Å². The van der Waals surface area contributed by atoms with E-state index in [0.29, 0.717) is 45.1 Å². The van der Waals surface area contributed by atoms with Gasteiger partial charge in [-0.3, -0.25) is 0 Å². The van der Waals surface area contributed by atoms with E-state index in [1.54, 1.807) is 24.4 Å². The Hall–Kier alpha value is -6.07. The second-order valence-corrected chi connectivity index (χ2v) is 12.9. The van der Waals surface area contributed by atoms with Gasteiger partial charge in [-0.2, -0.15) is 0 Å². The Labute approximate surface area is 349 Å². The van der Waals surface area contributed by atoms with E-state index < -0.39 is 20.6 Å². The average Bonchev–Trinajstić information content (AvgIpc) is 3.28. The van der Waals surface area contributed by atoms with Crippen molar-refractivity contribution in [1.82, 2.24) is 9.97 Å². The quantitative estimate of drug-likeness (QED) is 0.130. The SMILES string of the molecule is [2H]C([2H])([2H])c1c[c-]c(-c2cc(-c3ccccc3)c(C([2H])([2H])[2H])cn2)cc1.[2H]C([2H])([2H])c1cc(-c2[c-]ccc3c2Oc2cccc4c2B3c2ccccc2O4)ncc1-c1ccccc1.[Ir]. The summed E-state index contributed by atoms with van der Waals surface area (Å²) in [6.07, 6.45) is 2.99. The van der Waals surface area contributed by atoms with Crippen molar-refractivity contribution < 1.29 is 41.9 Å². The van der Waals surface area contributed by atoms with Crippen LogP contribution in [-0.2, 0) is 20.1 Å². The smallest absolute Gasteiger partial charge is 0.241 e. The van der Waals surface area contributed by atoms with E-state index in [0.717, 1.165) is 39.0 Å². The summed E-state index contributed by atoms with van der Waals surface area (Å²) in [6, 6.07) is 50.5. The first-order valence-electron chi connectivity index (χ1n) is 21.9. The van der Waals surface area contributed by atoms with Gasteiger partial charge in [0.2, 0.25) is 6.71 Å². The number of hydrogen-bond acceptors (Lipinski definition) is 4. The Kier molecular flexibility index (Phi) is 7.44. The van der Waals surface area contributed by atoms with E-state index in [9.17, 15) is 0 Å². The first-order valence-corrected chi connectivity index (χ1v) is 17.4. The molecule has 0 N–H and O–H groups in total. The van der Waals surface area contributed by atoms with Crippen LogP contribution in [0.3, 0.4) is 0 Å². The Morgan fingerprint density at radius 1 is 0.582 bits per heavy atom. The molecule has 0 saturated heterocycles. The number of aromatic nitrogens is 2. The molecular weight excluding hydrogens is 852 g/mol. The zero-order chi connectivity index (χ0) is 44.1. The first kappa shape index (κ1) is 26.7. The molecule has 2 aromatic heterocycles. The molecule has 2 aliphatic rings. The van der Waals surface area contributed by atoms with E-state index in [2.05, 4.69) is 23.2 Å². The molecule has 0 spiro atoms. The molecule has 267 valence electrons. The van der Waals surface area contributed by atoms with Crippen molar-refractivity contribution in [3.05, 3.63) is 187 Å². The number of pyridine rings is 2. The molecule has 1 radical (unpaired) electrons. The number of nitrogens with zero attached hydrogens (tertiary/aromatic N) is 2. The van der Waals surface area contributed by atoms with Crippen LogP contribution < -0.4 is 25.9 Å². The third kappa shape index (κ3) is 6.92. The monoisotopic (exact) mass is 896 g/mol. The van der Waals surface area contributed by atoms with Crippen LogP contribution in [0, 0.1) is 32.7 Å². The molecular formula is C49H35BIrN2O2-2. The second-order valence-electron chi connectivity index (χ2n) is 12.9. The van der Waals surface area contributed by atoms with Crippen molar-refractivity contribution in [3.63, 3.8) is 0 Å². The molecule has 2 aliphatic heterocycles. The fraction of sp³-hybridized carbons (Fsp3) is 0.0612. The number of rotatable bonds is 4. The third-order valence-electron chi connectivity index (χ3n) is 9.59. The molecule has 55 heavy (non-hydrogen) atoms. The van der Waals surface area contributed by atoms with Crippen LogP contribution in [-0.4, -0.2) is 16.7 Å². The van der Waals surface area contributed by atoms with Gasteiger partial charge in [0.05, 0.1) is 0 Å². The zero-order valence-electron chi connectivity index (χ0n) is 38.1. The Morgan fingerprint density at radius 3 is 2.04 bits per heavy atom. The maximum absolute atomic E-state index is 8.23. The fourth-order valence-corrected chi connectivity index (χ4v) is 7.02. The van der Waals surface area contributed by atoms with Crippen LogP contribution in [0.1, 0.15) is 29.0 Å². The Balaban J connectivity index is 0.000000184. The van der Waals surface area contributed by atoms with Gasteiger partial charge >= 0.3 is 0 Å². The molecule has 8 aromatic rings. The maximum Gasteiger partial charge on any atom is 0.241 e. The largest absolute Gasteiger partial charge is 0.503 e. The molecule has 0 aliphatic carbocycles. The van der Waals surface area contributed by atoms with Crippen molar-refractivity contribution in [2.75, 3.05) is 0 Å². The molecule has 6 heteroatoms. The molecule has 10 rings (SSSR count). The number of para-hydroxylation sites is 1. The van der Waals surface area contributed by atoms with Crippen LogP contribution in [0.25, 0.3) is 44.8 Å². The summed E-state index contributed by atoms with van der Waals surface area (Å²) < 4.78 is 82.9. The second kappa shape index (κ2) is 15.4. The third-order valence-corrected chi connectivity index (χ3v) is 9.59. The van der Waals surface area contributed by atoms with Gasteiger partial charge in [0.25, 0.3) is 0 Å². The summed E-state index contributed by atoms with van der Waals surface area (Å²) in [5, 5.41) is 0. The normalized spacial score (nSPS) is 14.8.